The second kappa shape index (κ2) is 1.88. The van der Waals surface area contributed by atoms with Gasteiger partial charge < -0.3 is 0 Å². The van der Waals surface area contributed by atoms with Crippen molar-refractivity contribution < 1.29 is 4.79 Å². The molecule has 0 amide bonds. The highest BCUT2D eigenvalue weighted by atomic mass is 16.1. The van der Waals surface area contributed by atoms with Gasteiger partial charge in [-0.15, -0.1) is 0 Å². The molecule has 2 saturated carbocycles. The van der Waals surface area contributed by atoms with Crippen LogP contribution in [0.5, 0.6) is 0 Å². The molecule has 2 aliphatic carbocycles. The zero-order valence-corrected chi connectivity index (χ0v) is 7.55. The van der Waals surface area contributed by atoms with E-state index in [9.17, 15) is 4.79 Å². The molecule has 11 heavy (non-hydrogen) atoms. The van der Waals surface area contributed by atoms with Gasteiger partial charge in [-0.3, -0.25) is 4.79 Å². The Bertz CT molecular complexity index is 207. The smallest absolute Gasteiger partial charge is 0.136 e. The summed E-state index contributed by atoms with van der Waals surface area (Å²) >= 11 is 0. The normalized spacial score (nSPS) is 48.2. The quantitative estimate of drug-likeness (QED) is 0.563. The van der Waals surface area contributed by atoms with Gasteiger partial charge in [0.2, 0.25) is 0 Å². The number of hydrogen-bond donors (Lipinski definition) is 0. The average Bonchev–Trinajstić information content (AvgIpc) is 2.57. The van der Waals surface area contributed by atoms with E-state index in [1.807, 2.05) is 0 Å². The summed E-state index contributed by atoms with van der Waals surface area (Å²) in [7, 11) is 0. The lowest BCUT2D eigenvalue weighted by Crippen LogP contribution is -2.10. The molecule has 0 aliphatic heterocycles. The molecule has 0 aromatic heterocycles. The van der Waals surface area contributed by atoms with Crippen LogP contribution in [0.2, 0.25) is 0 Å². The van der Waals surface area contributed by atoms with E-state index in [2.05, 4.69) is 20.8 Å². The molecule has 1 nitrogen and oxygen atoms in total. The van der Waals surface area contributed by atoms with Gasteiger partial charge in [-0.1, -0.05) is 20.8 Å². The molecule has 0 heterocycles. The van der Waals surface area contributed by atoms with E-state index in [0.717, 1.165) is 12.3 Å². The zero-order chi connectivity index (χ0) is 8.22. The Balaban J connectivity index is 2.20. The Labute approximate surface area is 68.2 Å². The molecule has 62 valence electrons. The highest BCUT2D eigenvalue weighted by molar-refractivity contribution is 5.86. The maximum atomic E-state index is 11.3. The lowest BCUT2D eigenvalue weighted by atomic mass is 9.90. The lowest BCUT2D eigenvalue weighted by molar-refractivity contribution is -0.121. The molecule has 1 unspecified atom stereocenters. The standard InChI is InChI=1S/C10H16O/c1-6(2)10-4-8(10)7(3)9(11)5-10/h6-8H,4-5H2,1-3H3/t7?,8-,10+/m1/s1. The minimum atomic E-state index is 0.373. The van der Waals surface area contributed by atoms with Gasteiger partial charge in [0.25, 0.3) is 0 Å². The van der Waals surface area contributed by atoms with E-state index in [1.54, 1.807) is 0 Å². The van der Waals surface area contributed by atoms with Gasteiger partial charge in [0.1, 0.15) is 5.78 Å². The fourth-order valence-electron chi connectivity index (χ4n) is 2.81. The van der Waals surface area contributed by atoms with Gasteiger partial charge in [0.15, 0.2) is 0 Å². The molecule has 0 radical (unpaired) electrons. The number of carbonyl (C=O) groups excluding carboxylic acids is 1. The molecule has 1 heteroatoms. The summed E-state index contributed by atoms with van der Waals surface area (Å²) in [4.78, 5) is 11.3. The lowest BCUT2D eigenvalue weighted by Gasteiger charge is -2.14. The van der Waals surface area contributed by atoms with Crippen LogP contribution in [0.1, 0.15) is 33.6 Å². The summed E-state index contributed by atoms with van der Waals surface area (Å²) in [5, 5.41) is 0. The molecule has 3 atom stereocenters. The van der Waals surface area contributed by atoms with Crippen LogP contribution in [0.4, 0.5) is 0 Å². The number of ketones is 1. The number of rotatable bonds is 1. The van der Waals surface area contributed by atoms with Crippen molar-refractivity contribution in [2.75, 3.05) is 0 Å². The van der Waals surface area contributed by atoms with E-state index in [0.29, 0.717) is 23.0 Å². The van der Waals surface area contributed by atoms with Crippen LogP contribution < -0.4 is 0 Å². The van der Waals surface area contributed by atoms with Crippen molar-refractivity contribution in [2.45, 2.75) is 33.6 Å². The zero-order valence-electron chi connectivity index (χ0n) is 7.55. The Morgan fingerprint density at radius 1 is 1.55 bits per heavy atom. The molecular formula is C10H16O. The number of fused-ring (bicyclic) bond motifs is 1. The van der Waals surface area contributed by atoms with Crippen LogP contribution >= 0.6 is 0 Å². The van der Waals surface area contributed by atoms with Gasteiger partial charge in [-0.05, 0) is 23.7 Å². The van der Waals surface area contributed by atoms with Crippen LogP contribution in [0, 0.1) is 23.2 Å². The molecule has 0 bridgehead atoms. The Kier molecular flexibility index (Phi) is 1.25. The largest absolute Gasteiger partial charge is 0.299 e. The summed E-state index contributed by atoms with van der Waals surface area (Å²) in [5.41, 5.74) is 0.455. The van der Waals surface area contributed by atoms with Gasteiger partial charge in [0, 0.05) is 12.3 Å². The van der Waals surface area contributed by atoms with Crippen LogP contribution in [0.15, 0.2) is 0 Å². The fourth-order valence-corrected chi connectivity index (χ4v) is 2.81. The third-order valence-corrected chi connectivity index (χ3v) is 3.94. The number of Topliss-reactive ketones (excluding diaryl/α,β-unsaturated/α-hetero) is 1. The average molecular weight is 152 g/mol. The van der Waals surface area contributed by atoms with Crippen molar-refractivity contribution in [1.82, 2.24) is 0 Å². The maximum absolute atomic E-state index is 11.3. The highest BCUT2D eigenvalue weighted by Gasteiger charge is 2.64. The Morgan fingerprint density at radius 3 is 2.45 bits per heavy atom. The first kappa shape index (κ1) is 7.33. The van der Waals surface area contributed by atoms with Crippen molar-refractivity contribution in [3.63, 3.8) is 0 Å². The molecule has 0 saturated heterocycles. The minimum absolute atomic E-state index is 0.373. The first-order valence-corrected chi connectivity index (χ1v) is 4.60. The molecule has 2 fully saturated rings. The van der Waals surface area contributed by atoms with E-state index >= 15 is 0 Å². The monoisotopic (exact) mass is 152 g/mol. The number of carbonyl (C=O) groups is 1. The summed E-state index contributed by atoms with van der Waals surface area (Å²) in [5.74, 6) is 2.34. The Morgan fingerprint density at radius 2 is 2.18 bits per heavy atom. The van der Waals surface area contributed by atoms with Crippen molar-refractivity contribution in [2.24, 2.45) is 23.2 Å². The third-order valence-electron chi connectivity index (χ3n) is 3.94. The van der Waals surface area contributed by atoms with E-state index in [4.69, 9.17) is 0 Å². The van der Waals surface area contributed by atoms with E-state index in [1.165, 1.54) is 6.42 Å². The van der Waals surface area contributed by atoms with Gasteiger partial charge in [0.05, 0.1) is 0 Å². The molecule has 0 spiro atoms. The van der Waals surface area contributed by atoms with Crippen LogP contribution in [0.25, 0.3) is 0 Å². The maximum Gasteiger partial charge on any atom is 0.136 e. The van der Waals surface area contributed by atoms with E-state index < -0.39 is 0 Å². The van der Waals surface area contributed by atoms with Gasteiger partial charge in [-0.25, -0.2) is 0 Å². The predicted molar refractivity (Wildman–Crippen MR) is 44.2 cm³/mol. The summed E-state index contributed by atoms with van der Waals surface area (Å²) in [6.45, 7) is 6.61. The van der Waals surface area contributed by atoms with Crippen LogP contribution in [-0.2, 0) is 4.79 Å². The first-order chi connectivity index (χ1) is 5.08. The fraction of sp³-hybridized carbons (Fsp3) is 0.900. The summed E-state index contributed by atoms with van der Waals surface area (Å²) in [6, 6.07) is 0. The second-order valence-electron chi connectivity index (χ2n) is 4.63. The van der Waals surface area contributed by atoms with E-state index in [-0.39, 0.29) is 0 Å². The van der Waals surface area contributed by atoms with Crippen LogP contribution in [-0.4, -0.2) is 5.78 Å². The van der Waals surface area contributed by atoms with Crippen molar-refractivity contribution >= 4 is 5.78 Å². The third kappa shape index (κ3) is 0.743. The van der Waals surface area contributed by atoms with Crippen molar-refractivity contribution in [1.29, 1.82) is 0 Å². The molecule has 2 aliphatic rings. The molecule has 2 rings (SSSR count). The minimum Gasteiger partial charge on any atom is -0.299 e. The molecule has 0 aromatic rings. The van der Waals surface area contributed by atoms with Crippen molar-refractivity contribution in [3.05, 3.63) is 0 Å². The summed E-state index contributed by atoms with van der Waals surface area (Å²) in [6.07, 6.45) is 2.19. The molecule has 0 aromatic carbocycles. The van der Waals surface area contributed by atoms with Gasteiger partial charge in [-0.2, -0.15) is 0 Å². The summed E-state index contributed by atoms with van der Waals surface area (Å²) < 4.78 is 0. The molecule has 0 N–H and O–H groups in total. The number of hydrogen-bond acceptors (Lipinski definition) is 1. The first-order valence-electron chi connectivity index (χ1n) is 4.60. The van der Waals surface area contributed by atoms with Crippen LogP contribution in [0.3, 0.4) is 0 Å². The topological polar surface area (TPSA) is 17.1 Å². The highest BCUT2D eigenvalue weighted by Crippen LogP contribution is 2.68. The van der Waals surface area contributed by atoms with Crippen molar-refractivity contribution in [3.8, 4) is 0 Å². The molecular weight excluding hydrogens is 136 g/mol. The Hall–Kier alpha value is -0.330. The second-order valence-corrected chi connectivity index (χ2v) is 4.63. The predicted octanol–water partition coefficient (Wildman–Crippen LogP) is 2.26. The SMILES string of the molecule is CC1C(=O)C[C@]2(C(C)C)C[C@H]12. The van der Waals surface area contributed by atoms with Gasteiger partial charge >= 0.3 is 0 Å².